The molecule has 0 bridgehead atoms. The number of fused-ring (bicyclic) bond motifs is 1. The average Bonchev–Trinajstić information content (AvgIpc) is 2.28. The van der Waals surface area contributed by atoms with Crippen molar-refractivity contribution in [1.82, 2.24) is 0 Å². The van der Waals surface area contributed by atoms with Crippen LogP contribution in [0.5, 0.6) is 0 Å². The van der Waals surface area contributed by atoms with Crippen molar-refractivity contribution in [3.63, 3.8) is 0 Å². The molecule has 2 rings (SSSR count). The molecule has 0 aliphatic heterocycles. The van der Waals surface area contributed by atoms with Gasteiger partial charge in [-0.25, -0.2) is 0 Å². The second kappa shape index (κ2) is 2.88. The SMILES string of the molecule is Cc1ccc2c(I)c(N)sc2c1. The third kappa shape index (κ3) is 1.21. The number of hydrogen-bond acceptors (Lipinski definition) is 2. The zero-order valence-electron chi connectivity index (χ0n) is 6.60. The first kappa shape index (κ1) is 8.31. The smallest absolute Gasteiger partial charge is 0.100 e. The number of nitrogens with two attached hydrogens (primary N) is 1. The fourth-order valence-corrected chi connectivity index (χ4v) is 3.14. The lowest BCUT2D eigenvalue weighted by Gasteiger charge is -1.91. The monoisotopic (exact) mass is 289 g/mol. The van der Waals surface area contributed by atoms with E-state index < -0.39 is 0 Å². The molecule has 0 aliphatic carbocycles. The Balaban J connectivity index is 2.87. The van der Waals surface area contributed by atoms with Gasteiger partial charge in [0.2, 0.25) is 0 Å². The number of nitrogen functional groups attached to an aromatic ring is 1. The number of thiophene rings is 1. The molecule has 0 radical (unpaired) electrons. The minimum Gasteiger partial charge on any atom is -0.390 e. The Morgan fingerprint density at radius 1 is 1.42 bits per heavy atom. The maximum Gasteiger partial charge on any atom is 0.100 e. The van der Waals surface area contributed by atoms with Gasteiger partial charge in [-0.05, 0) is 41.1 Å². The summed E-state index contributed by atoms with van der Waals surface area (Å²) in [5.74, 6) is 0. The Morgan fingerprint density at radius 3 is 2.92 bits per heavy atom. The van der Waals surface area contributed by atoms with Crippen LogP contribution in [0.3, 0.4) is 0 Å². The van der Waals surface area contributed by atoms with E-state index in [4.69, 9.17) is 5.73 Å². The van der Waals surface area contributed by atoms with E-state index in [1.165, 1.54) is 19.2 Å². The second-order valence-electron chi connectivity index (χ2n) is 2.78. The molecule has 0 atom stereocenters. The highest BCUT2D eigenvalue weighted by Gasteiger charge is 2.05. The van der Waals surface area contributed by atoms with Crippen molar-refractivity contribution in [2.24, 2.45) is 0 Å². The molecule has 1 aromatic carbocycles. The molecule has 0 saturated heterocycles. The molecular formula is C9H8INS. The van der Waals surface area contributed by atoms with Crippen molar-refractivity contribution in [2.75, 3.05) is 5.73 Å². The lowest BCUT2D eigenvalue weighted by molar-refractivity contribution is 1.52. The molecule has 0 saturated carbocycles. The Morgan fingerprint density at radius 2 is 2.17 bits per heavy atom. The van der Waals surface area contributed by atoms with Crippen molar-refractivity contribution in [3.05, 3.63) is 27.3 Å². The van der Waals surface area contributed by atoms with Crippen LogP contribution in [0, 0.1) is 10.5 Å². The number of hydrogen-bond donors (Lipinski definition) is 1. The fraction of sp³-hybridized carbons (Fsp3) is 0.111. The molecule has 1 aromatic heterocycles. The number of benzene rings is 1. The largest absolute Gasteiger partial charge is 0.390 e. The molecule has 2 N–H and O–H groups in total. The molecule has 12 heavy (non-hydrogen) atoms. The van der Waals surface area contributed by atoms with E-state index in [1.54, 1.807) is 11.3 Å². The summed E-state index contributed by atoms with van der Waals surface area (Å²) in [7, 11) is 0. The second-order valence-corrected chi connectivity index (χ2v) is 4.94. The summed E-state index contributed by atoms with van der Waals surface area (Å²) in [5, 5.41) is 2.21. The van der Waals surface area contributed by atoms with Gasteiger partial charge in [0, 0.05) is 10.1 Å². The van der Waals surface area contributed by atoms with E-state index in [0.717, 1.165) is 5.00 Å². The fourth-order valence-electron chi connectivity index (χ4n) is 1.19. The van der Waals surface area contributed by atoms with Gasteiger partial charge in [0.15, 0.2) is 0 Å². The van der Waals surface area contributed by atoms with E-state index in [2.05, 4.69) is 47.7 Å². The first-order valence-electron chi connectivity index (χ1n) is 3.62. The molecule has 0 amide bonds. The number of aryl methyl sites for hydroxylation is 1. The van der Waals surface area contributed by atoms with Crippen molar-refractivity contribution in [3.8, 4) is 0 Å². The Hall–Kier alpha value is -0.290. The molecule has 0 spiro atoms. The third-order valence-electron chi connectivity index (χ3n) is 1.81. The molecule has 3 heteroatoms. The molecule has 1 heterocycles. The maximum absolute atomic E-state index is 5.81. The van der Waals surface area contributed by atoms with Crippen LogP contribution in [-0.4, -0.2) is 0 Å². The predicted molar refractivity (Wildman–Crippen MR) is 63.7 cm³/mol. The maximum atomic E-state index is 5.81. The van der Waals surface area contributed by atoms with Gasteiger partial charge in [-0.1, -0.05) is 12.1 Å². The molecule has 62 valence electrons. The quantitative estimate of drug-likeness (QED) is 0.739. The highest BCUT2D eigenvalue weighted by Crippen LogP contribution is 2.34. The zero-order chi connectivity index (χ0) is 8.72. The van der Waals surface area contributed by atoms with Crippen molar-refractivity contribution >= 4 is 49.0 Å². The van der Waals surface area contributed by atoms with Crippen LogP contribution in [0.2, 0.25) is 0 Å². The normalized spacial score (nSPS) is 10.8. The van der Waals surface area contributed by atoms with Crippen LogP contribution < -0.4 is 5.73 Å². The van der Waals surface area contributed by atoms with Crippen LogP contribution in [0.1, 0.15) is 5.56 Å². The Bertz CT molecular complexity index is 433. The summed E-state index contributed by atoms with van der Waals surface area (Å²) in [6.07, 6.45) is 0. The molecule has 1 nitrogen and oxygen atoms in total. The van der Waals surface area contributed by atoms with Crippen LogP contribution >= 0.6 is 33.9 Å². The van der Waals surface area contributed by atoms with Gasteiger partial charge >= 0.3 is 0 Å². The number of halogens is 1. The van der Waals surface area contributed by atoms with E-state index in [0.29, 0.717) is 0 Å². The van der Waals surface area contributed by atoms with E-state index >= 15 is 0 Å². The van der Waals surface area contributed by atoms with Gasteiger partial charge in [0.1, 0.15) is 5.00 Å². The summed E-state index contributed by atoms with van der Waals surface area (Å²) in [5.41, 5.74) is 7.11. The van der Waals surface area contributed by atoms with Crippen LogP contribution in [-0.2, 0) is 0 Å². The number of rotatable bonds is 0. The first-order valence-corrected chi connectivity index (χ1v) is 5.52. The van der Waals surface area contributed by atoms with Gasteiger partial charge in [0.05, 0.1) is 3.57 Å². The molecule has 0 fully saturated rings. The third-order valence-corrected chi connectivity index (χ3v) is 4.32. The summed E-state index contributed by atoms with van der Waals surface area (Å²) in [6, 6.07) is 6.44. The molecule has 0 aliphatic rings. The highest BCUT2D eigenvalue weighted by molar-refractivity contribution is 14.1. The number of anilines is 1. The van der Waals surface area contributed by atoms with Crippen LogP contribution in [0.4, 0.5) is 5.00 Å². The summed E-state index contributed by atoms with van der Waals surface area (Å²) in [6.45, 7) is 2.10. The Kier molecular flexibility index (Phi) is 2.00. The topological polar surface area (TPSA) is 26.0 Å². The standard InChI is InChI=1S/C9H8INS/c1-5-2-3-6-7(4-5)12-9(11)8(6)10/h2-4H,11H2,1H3. The minimum absolute atomic E-state index is 0.927. The Labute approximate surface area is 88.7 Å². The van der Waals surface area contributed by atoms with Gasteiger partial charge in [-0.2, -0.15) is 0 Å². The van der Waals surface area contributed by atoms with Crippen molar-refractivity contribution < 1.29 is 0 Å². The lowest BCUT2D eigenvalue weighted by atomic mass is 10.2. The molecule has 2 aromatic rings. The lowest BCUT2D eigenvalue weighted by Crippen LogP contribution is -1.79. The summed E-state index contributed by atoms with van der Waals surface area (Å²) in [4.78, 5) is 0. The van der Waals surface area contributed by atoms with Gasteiger partial charge in [0.25, 0.3) is 0 Å². The van der Waals surface area contributed by atoms with Crippen LogP contribution in [0.15, 0.2) is 18.2 Å². The first-order chi connectivity index (χ1) is 5.68. The van der Waals surface area contributed by atoms with Crippen LogP contribution in [0.25, 0.3) is 10.1 Å². The van der Waals surface area contributed by atoms with E-state index in [9.17, 15) is 0 Å². The predicted octanol–water partition coefficient (Wildman–Crippen LogP) is 3.40. The van der Waals surface area contributed by atoms with Crippen molar-refractivity contribution in [2.45, 2.75) is 6.92 Å². The van der Waals surface area contributed by atoms with E-state index in [1.807, 2.05) is 0 Å². The van der Waals surface area contributed by atoms with Crippen molar-refractivity contribution in [1.29, 1.82) is 0 Å². The zero-order valence-corrected chi connectivity index (χ0v) is 9.57. The van der Waals surface area contributed by atoms with Gasteiger partial charge < -0.3 is 5.73 Å². The molecular weight excluding hydrogens is 281 g/mol. The average molecular weight is 289 g/mol. The highest BCUT2D eigenvalue weighted by atomic mass is 127. The van der Waals surface area contributed by atoms with Gasteiger partial charge in [-0.3, -0.25) is 0 Å². The minimum atomic E-state index is 0.927. The summed E-state index contributed by atoms with van der Waals surface area (Å²) >= 11 is 3.96. The van der Waals surface area contributed by atoms with E-state index in [-0.39, 0.29) is 0 Å². The van der Waals surface area contributed by atoms with Gasteiger partial charge in [-0.15, -0.1) is 11.3 Å². The summed E-state index contributed by atoms with van der Waals surface area (Å²) < 4.78 is 2.48. The molecule has 0 unspecified atom stereocenters.